The van der Waals surface area contributed by atoms with Gasteiger partial charge in [-0.3, -0.25) is 0 Å². The van der Waals surface area contributed by atoms with Gasteiger partial charge in [0.1, 0.15) is 6.04 Å². The molecule has 1 atom stereocenters. The molecule has 0 spiro atoms. The van der Waals surface area contributed by atoms with Crippen LogP contribution in [-0.2, 0) is 5.41 Å². The second-order valence-corrected chi connectivity index (χ2v) is 5.47. The van der Waals surface area contributed by atoms with Gasteiger partial charge in [-0.1, -0.05) is 45.0 Å². The van der Waals surface area contributed by atoms with Crippen molar-refractivity contribution in [3.05, 3.63) is 35.4 Å². The van der Waals surface area contributed by atoms with E-state index in [9.17, 15) is 22.0 Å². The van der Waals surface area contributed by atoms with Gasteiger partial charge < -0.3 is 5.73 Å². The Morgan fingerprint density at radius 3 is 1.60 bits per heavy atom. The monoisotopic (exact) mass is 317 g/mol. The van der Waals surface area contributed by atoms with Crippen LogP contribution in [0, 0.1) is 0 Å². The number of halogens is 6. The molecule has 1 aromatic carbocycles. The molecule has 0 fully saturated rings. The van der Waals surface area contributed by atoms with E-state index in [0.29, 0.717) is 0 Å². The number of benzene rings is 1. The summed E-state index contributed by atoms with van der Waals surface area (Å²) >= 11 is 0. The first-order valence-electron chi connectivity index (χ1n) is 5.68. The van der Waals surface area contributed by atoms with E-state index >= 15 is 0 Å². The molecule has 0 bridgehead atoms. The predicted molar refractivity (Wildman–Crippen MR) is 70.3 cm³/mol. The summed E-state index contributed by atoms with van der Waals surface area (Å²) in [4.78, 5) is 0. The molecule has 0 saturated carbocycles. The van der Waals surface area contributed by atoms with E-state index in [1.165, 1.54) is 24.3 Å². The normalized spacial score (nSPS) is 14.7. The van der Waals surface area contributed by atoms with E-state index in [-0.39, 0.29) is 23.4 Å². The summed E-state index contributed by atoms with van der Waals surface area (Å²) in [6.07, 6.45) is -5.66. The topological polar surface area (TPSA) is 26.0 Å². The Bertz CT molecular complexity index is 434. The molecule has 0 saturated heterocycles. The average Bonchev–Trinajstić information content (AvgIpc) is 2.25. The van der Waals surface area contributed by atoms with Crippen LogP contribution in [0.2, 0.25) is 0 Å². The third-order valence-electron chi connectivity index (χ3n) is 2.90. The molecule has 0 radical (unpaired) electrons. The molecule has 2 N–H and O–H groups in total. The lowest BCUT2D eigenvalue weighted by atomic mass is 9.86. The van der Waals surface area contributed by atoms with E-state index in [1.54, 1.807) is 0 Å². The van der Waals surface area contributed by atoms with Crippen LogP contribution in [0.15, 0.2) is 24.3 Å². The Balaban J connectivity index is 0.00000361. The van der Waals surface area contributed by atoms with Gasteiger partial charge in [-0.15, -0.1) is 12.4 Å². The fourth-order valence-corrected chi connectivity index (χ4v) is 1.58. The maximum atomic E-state index is 13.1. The van der Waals surface area contributed by atoms with Crippen LogP contribution < -0.4 is 5.73 Å². The highest BCUT2D eigenvalue weighted by atomic mass is 35.5. The largest absolute Gasteiger partial charge is 0.455 e. The Morgan fingerprint density at radius 2 is 1.30 bits per heavy atom. The first-order valence-corrected chi connectivity index (χ1v) is 5.68. The van der Waals surface area contributed by atoms with Gasteiger partial charge in [0, 0.05) is 0 Å². The molecule has 116 valence electrons. The van der Waals surface area contributed by atoms with Crippen molar-refractivity contribution < 1.29 is 22.0 Å². The van der Waals surface area contributed by atoms with Crippen LogP contribution in [0.5, 0.6) is 0 Å². The maximum Gasteiger partial charge on any atom is 0.455 e. The van der Waals surface area contributed by atoms with E-state index in [2.05, 4.69) is 0 Å². The number of alkyl halides is 5. The third-order valence-corrected chi connectivity index (χ3v) is 2.90. The molecule has 0 amide bonds. The van der Waals surface area contributed by atoms with Gasteiger partial charge in [0.15, 0.2) is 0 Å². The minimum atomic E-state index is -5.66. The lowest BCUT2D eigenvalue weighted by Gasteiger charge is -2.26. The molecule has 0 heterocycles. The average molecular weight is 318 g/mol. The van der Waals surface area contributed by atoms with Gasteiger partial charge in [0.25, 0.3) is 0 Å². The lowest BCUT2D eigenvalue weighted by Crippen LogP contribution is -2.45. The fraction of sp³-hybridized carbons (Fsp3) is 0.538. The molecular formula is C13H17ClF5N. The summed E-state index contributed by atoms with van der Waals surface area (Å²) in [6.45, 7) is 5.73. The van der Waals surface area contributed by atoms with Crippen molar-refractivity contribution in [2.24, 2.45) is 5.73 Å². The SMILES string of the molecule is CC(C)(C)c1ccc([C@H](N)C(F)(F)C(F)(F)F)cc1.Cl. The van der Waals surface area contributed by atoms with Crippen LogP contribution in [0.1, 0.15) is 37.9 Å². The third kappa shape index (κ3) is 3.82. The Morgan fingerprint density at radius 1 is 0.900 bits per heavy atom. The van der Waals surface area contributed by atoms with Crippen molar-refractivity contribution >= 4 is 12.4 Å². The van der Waals surface area contributed by atoms with Crippen LogP contribution in [-0.4, -0.2) is 12.1 Å². The fourth-order valence-electron chi connectivity index (χ4n) is 1.58. The van der Waals surface area contributed by atoms with Crippen molar-refractivity contribution in [2.45, 2.75) is 44.3 Å². The van der Waals surface area contributed by atoms with E-state index in [0.717, 1.165) is 5.56 Å². The number of hydrogen-bond donors (Lipinski definition) is 1. The minimum Gasteiger partial charge on any atom is -0.319 e. The molecular weight excluding hydrogens is 301 g/mol. The van der Waals surface area contributed by atoms with Gasteiger partial charge in [0.05, 0.1) is 0 Å². The standard InChI is InChI=1S/C13H16F5N.ClH/c1-11(2,3)9-6-4-8(5-7-9)10(19)12(14,15)13(16,17)18;/h4-7,10H,19H2,1-3H3;1H/t10-;/m0./s1. The van der Waals surface area contributed by atoms with Gasteiger partial charge in [0.2, 0.25) is 0 Å². The molecule has 0 aliphatic rings. The highest BCUT2D eigenvalue weighted by Gasteiger charge is 2.61. The molecule has 0 aliphatic heterocycles. The second-order valence-electron chi connectivity index (χ2n) is 5.47. The maximum absolute atomic E-state index is 13.1. The summed E-state index contributed by atoms with van der Waals surface area (Å²) in [5, 5.41) is 0. The number of nitrogens with two attached hydrogens (primary N) is 1. The minimum absolute atomic E-state index is 0. The lowest BCUT2D eigenvalue weighted by molar-refractivity contribution is -0.291. The summed E-state index contributed by atoms with van der Waals surface area (Å²) in [7, 11) is 0. The van der Waals surface area contributed by atoms with E-state index in [4.69, 9.17) is 5.73 Å². The predicted octanol–water partition coefficient (Wildman–Crippen LogP) is 4.60. The van der Waals surface area contributed by atoms with E-state index in [1.807, 2.05) is 20.8 Å². The summed E-state index contributed by atoms with van der Waals surface area (Å²) in [5.74, 6) is -4.95. The molecule has 0 unspecified atom stereocenters. The first-order chi connectivity index (χ1) is 8.37. The Kier molecular flexibility index (Phi) is 5.60. The zero-order valence-electron chi connectivity index (χ0n) is 11.3. The van der Waals surface area contributed by atoms with Crippen molar-refractivity contribution in [1.82, 2.24) is 0 Å². The van der Waals surface area contributed by atoms with Crippen molar-refractivity contribution in [3.8, 4) is 0 Å². The van der Waals surface area contributed by atoms with Crippen molar-refractivity contribution in [2.75, 3.05) is 0 Å². The van der Waals surface area contributed by atoms with Crippen LogP contribution in [0.3, 0.4) is 0 Å². The van der Waals surface area contributed by atoms with E-state index < -0.39 is 18.1 Å². The molecule has 0 aliphatic carbocycles. The smallest absolute Gasteiger partial charge is 0.319 e. The van der Waals surface area contributed by atoms with Gasteiger partial charge in [-0.25, -0.2) is 0 Å². The highest BCUT2D eigenvalue weighted by Crippen LogP contribution is 2.43. The quantitative estimate of drug-likeness (QED) is 0.792. The molecule has 1 nitrogen and oxygen atoms in total. The Hall–Kier alpha value is -0.880. The zero-order chi connectivity index (χ0) is 15.1. The van der Waals surface area contributed by atoms with Gasteiger partial charge >= 0.3 is 12.1 Å². The van der Waals surface area contributed by atoms with Crippen LogP contribution in [0.4, 0.5) is 22.0 Å². The van der Waals surface area contributed by atoms with Gasteiger partial charge in [-0.05, 0) is 16.5 Å². The molecule has 20 heavy (non-hydrogen) atoms. The first kappa shape index (κ1) is 19.1. The van der Waals surface area contributed by atoms with Gasteiger partial charge in [-0.2, -0.15) is 22.0 Å². The van der Waals surface area contributed by atoms with Crippen LogP contribution >= 0.6 is 12.4 Å². The zero-order valence-corrected chi connectivity index (χ0v) is 12.1. The molecule has 0 aromatic heterocycles. The highest BCUT2D eigenvalue weighted by molar-refractivity contribution is 5.85. The summed E-state index contributed by atoms with van der Waals surface area (Å²) in [5.41, 5.74) is 5.43. The summed E-state index contributed by atoms with van der Waals surface area (Å²) < 4.78 is 62.8. The summed E-state index contributed by atoms with van der Waals surface area (Å²) in [6, 6.07) is 3.06. The second kappa shape index (κ2) is 5.85. The Labute approximate surface area is 120 Å². The number of rotatable bonds is 2. The molecule has 1 aromatic rings. The van der Waals surface area contributed by atoms with Crippen molar-refractivity contribution in [1.29, 1.82) is 0 Å². The van der Waals surface area contributed by atoms with Crippen LogP contribution in [0.25, 0.3) is 0 Å². The molecule has 1 rings (SSSR count). The molecule has 7 heteroatoms. The van der Waals surface area contributed by atoms with Crippen molar-refractivity contribution in [3.63, 3.8) is 0 Å². The number of hydrogen-bond acceptors (Lipinski definition) is 1.